The maximum atomic E-state index is 14.7. The summed E-state index contributed by atoms with van der Waals surface area (Å²) < 4.78 is 33.2. The third kappa shape index (κ3) is 8.52. The van der Waals surface area contributed by atoms with Crippen LogP contribution in [0.5, 0.6) is 0 Å². The maximum Gasteiger partial charge on any atom is 0.410 e. The van der Waals surface area contributed by atoms with Crippen LogP contribution >= 0.6 is 0 Å². The van der Waals surface area contributed by atoms with E-state index in [-0.39, 0.29) is 30.8 Å². The number of ether oxygens (including phenoxy) is 5. The van der Waals surface area contributed by atoms with E-state index in [9.17, 15) is 24.3 Å². The number of rotatable bonds is 10. The number of aromatic nitrogens is 3. The number of nitrogens with zero attached hydrogens (tertiary/aromatic N) is 5. The van der Waals surface area contributed by atoms with Gasteiger partial charge in [-0.3, -0.25) is 19.4 Å². The van der Waals surface area contributed by atoms with Gasteiger partial charge in [-0.25, -0.2) is 9.78 Å². The molecule has 3 aliphatic heterocycles. The quantitative estimate of drug-likeness (QED) is 0.204. The van der Waals surface area contributed by atoms with Crippen molar-refractivity contribution in [1.82, 2.24) is 24.3 Å². The summed E-state index contributed by atoms with van der Waals surface area (Å²) in [6, 6.07) is 0.789. The number of hydrogen-bond acceptors (Lipinski definition) is 13. The van der Waals surface area contributed by atoms with Gasteiger partial charge in [-0.15, -0.1) is 0 Å². The van der Waals surface area contributed by atoms with Crippen molar-refractivity contribution in [2.75, 3.05) is 27.7 Å². The van der Waals surface area contributed by atoms with Gasteiger partial charge in [-0.05, 0) is 80.0 Å². The number of esters is 1. The second-order valence-electron chi connectivity index (χ2n) is 16.9. The van der Waals surface area contributed by atoms with Crippen LogP contribution in [0, 0.1) is 23.7 Å². The number of Topliss-reactive ketones (excluding diaryl/α,β-unsaturated/α-hetero) is 2. The molecule has 56 heavy (non-hydrogen) atoms. The van der Waals surface area contributed by atoms with Crippen LogP contribution in [0.25, 0.3) is 11.0 Å². The monoisotopic (exact) mass is 785 g/mol. The van der Waals surface area contributed by atoms with Crippen molar-refractivity contribution in [2.45, 2.75) is 148 Å². The molecule has 0 radical (unpaired) electrons. The van der Waals surface area contributed by atoms with Gasteiger partial charge in [-0.2, -0.15) is 0 Å². The smallest absolute Gasteiger partial charge is 0.410 e. The summed E-state index contributed by atoms with van der Waals surface area (Å²) in [6.45, 7) is 14.9. The summed E-state index contributed by atoms with van der Waals surface area (Å²) in [5, 5.41) is 11.4. The van der Waals surface area contributed by atoms with Gasteiger partial charge in [0.25, 0.3) is 0 Å². The topological polar surface area (TPSA) is 172 Å². The van der Waals surface area contributed by atoms with Gasteiger partial charge in [0.05, 0.1) is 47.4 Å². The summed E-state index contributed by atoms with van der Waals surface area (Å²) in [5.41, 5.74) is -0.898. The number of aliphatic hydroxyl groups excluding tert-OH is 1. The first-order valence-electron chi connectivity index (χ1n) is 20.1. The summed E-state index contributed by atoms with van der Waals surface area (Å²) in [4.78, 5) is 68.9. The highest BCUT2D eigenvalue weighted by Crippen LogP contribution is 2.43. The van der Waals surface area contributed by atoms with Crippen molar-refractivity contribution < 1.29 is 48.0 Å². The van der Waals surface area contributed by atoms with E-state index in [0.29, 0.717) is 32.4 Å². The van der Waals surface area contributed by atoms with E-state index in [1.807, 2.05) is 50.4 Å². The number of likely N-dealkylation sites (N-methyl/N-ethyl adjacent to an activating group) is 1. The third-order valence-electron chi connectivity index (χ3n) is 12.6. The first-order valence-corrected chi connectivity index (χ1v) is 20.1. The van der Waals surface area contributed by atoms with E-state index in [1.54, 1.807) is 51.3 Å². The molecule has 0 bridgehead atoms. The average Bonchev–Trinajstić information content (AvgIpc) is 3.70. The van der Waals surface area contributed by atoms with E-state index in [1.165, 1.54) is 14.0 Å². The van der Waals surface area contributed by atoms with Gasteiger partial charge in [-0.1, -0.05) is 27.7 Å². The van der Waals surface area contributed by atoms with Crippen LogP contribution in [0.2, 0.25) is 0 Å². The van der Waals surface area contributed by atoms with Crippen LogP contribution in [0.15, 0.2) is 24.8 Å². The number of fused-ring (bicyclic) bond motifs is 2. The minimum atomic E-state index is -1.40. The maximum absolute atomic E-state index is 14.7. The Kier molecular flexibility index (Phi) is 13.7. The molecule has 15 nitrogen and oxygen atoms in total. The third-order valence-corrected chi connectivity index (χ3v) is 12.6. The normalized spacial score (nSPS) is 37.7. The van der Waals surface area contributed by atoms with Crippen molar-refractivity contribution in [3.8, 4) is 0 Å². The SMILES string of the molecule is CC[C@H]1OC(=O)[C@H](C)C(=O)[C@H](C)[C@@H](O[C@H]2O[C@@H](C)C[C@@H](N(C)C)[C@@H]2O)[C@](C)(OC)C[C@@H](C)C(=O)[C@@H](C)[C@H]2N(CCCCn3cnc4ccncc43)C(=O)O[C@]12C. The highest BCUT2D eigenvalue weighted by atomic mass is 16.7. The predicted molar refractivity (Wildman–Crippen MR) is 206 cm³/mol. The van der Waals surface area contributed by atoms with E-state index < -0.39 is 83.4 Å². The Hall–Kier alpha value is -3.50. The van der Waals surface area contributed by atoms with Gasteiger partial charge in [0, 0.05) is 50.2 Å². The minimum Gasteiger partial charge on any atom is -0.458 e. The molecule has 3 fully saturated rings. The first-order chi connectivity index (χ1) is 26.4. The van der Waals surface area contributed by atoms with Crippen LogP contribution < -0.4 is 0 Å². The van der Waals surface area contributed by atoms with E-state index in [4.69, 9.17) is 23.7 Å². The summed E-state index contributed by atoms with van der Waals surface area (Å²) in [5.74, 6) is -4.94. The van der Waals surface area contributed by atoms with Crippen molar-refractivity contribution >= 4 is 34.7 Å². The molecule has 2 aromatic rings. The molecule has 13 atom stereocenters. The van der Waals surface area contributed by atoms with Crippen LogP contribution in [-0.2, 0) is 44.6 Å². The Morgan fingerprint density at radius 2 is 1.71 bits per heavy atom. The number of carbonyl (C=O) groups is 4. The molecule has 5 rings (SSSR count). The second-order valence-corrected chi connectivity index (χ2v) is 16.9. The lowest BCUT2D eigenvalue weighted by Crippen LogP contribution is -2.60. The van der Waals surface area contributed by atoms with Crippen LogP contribution in [0.4, 0.5) is 4.79 Å². The molecule has 2 aromatic heterocycles. The Morgan fingerprint density at radius 3 is 2.38 bits per heavy atom. The van der Waals surface area contributed by atoms with E-state index in [2.05, 4.69) is 9.97 Å². The molecule has 1 N–H and O–H groups in total. The Bertz CT molecular complexity index is 1720. The number of ketones is 2. The van der Waals surface area contributed by atoms with Crippen molar-refractivity contribution in [1.29, 1.82) is 0 Å². The highest BCUT2D eigenvalue weighted by Gasteiger charge is 2.60. The molecule has 0 aliphatic carbocycles. The average molecular weight is 786 g/mol. The number of amides is 1. The van der Waals surface area contributed by atoms with Gasteiger partial charge >= 0.3 is 12.1 Å². The van der Waals surface area contributed by atoms with Gasteiger partial charge in [0.2, 0.25) is 0 Å². The van der Waals surface area contributed by atoms with Gasteiger partial charge in [0.1, 0.15) is 23.9 Å². The number of unbranched alkanes of at least 4 members (excludes halogenated alkanes) is 1. The predicted octanol–water partition coefficient (Wildman–Crippen LogP) is 4.42. The zero-order chi connectivity index (χ0) is 41.3. The second kappa shape index (κ2) is 17.6. The molecule has 0 unspecified atom stereocenters. The fourth-order valence-electron chi connectivity index (χ4n) is 9.35. The lowest BCUT2D eigenvalue weighted by Gasteiger charge is -2.47. The fourth-order valence-corrected chi connectivity index (χ4v) is 9.35. The number of hydrogen-bond donors (Lipinski definition) is 1. The number of aryl methyl sites for hydroxylation is 1. The molecule has 3 aliphatic rings. The zero-order valence-electron chi connectivity index (χ0n) is 35.0. The molecular formula is C41H63N5O10. The van der Waals surface area contributed by atoms with Crippen molar-refractivity contribution in [2.24, 2.45) is 23.7 Å². The molecule has 0 saturated carbocycles. The number of aliphatic hydroxyl groups is 1. The van der Waals surface area contributed by atoms with Crippen molar-refractivity contribution in [3.63, 3.8) is 0 Å². The molecule has 0 aromatic carbocycles. The van der Waals surface area contributed by atoms with E-state index >= 15 is 0 Å². The highest BCUT2D eigenvalue weighted by molar-refractivity contribution is 6.00. The first kappa shape index (κ1) is 43.6. The number of cyclic esters (lactones) is 1. The molecule has 0 spiro atoms. The number of carbonyl (C=O) groups excluding carboxylic acids is 4. The standard InChI is InChI=1S/C41H63N5O10/c1-12-31-41(8)35(46(39(51)56-41)18-14-13-17-45-22-43-28-15-16-42-21-30(28)45)25(4)32(47)23(2)20-40(7,52-11)36(26(5)33(48)27(6)37(50)54-31)55-38-34(49)29(44(9)10)19-24(3)53-38/h15-16,21-27,29,31,34-36,38,49H,12-14,17-20H2,1-11H3/t23-,24+,25-,26+,27-,29-,31-,34+,35-,36-,38-,40-,41-/m1/s1. The number of pyridine rings is 1. The van der Waals surface area contributed by atoms with Crippen LogP contribution in [0.3, 0.4) is 0 Å². The summed E-state index contributed by atoms with van der Waals surface area (Å²) in [7, 11) is 5.24. The summed E-state index contributed by atoms with van der Waals surface area (Å²) in [6.07, 6.45) is 2.51. The zero-order valence-corrected chi connectivity index (χ0v) is 35.0. The molecule has 5 heterocycles. The minimum absolute atomic E-state index is 0.131. The molecule has 312 valence electrons. The molecule has 15 heteroatoms. The molecular weight excluding hydrogens is 722 g/mol. The van der Waals surface area contributed by atoms with E-state index in [0.717, 1.165) is 11.0 Å². The molecule has 1 amide bonds. The van der Waals surface area contributed by atoms with Gasteiger partial charge in [0.15, 0.2) is 17.7 Å². The van der Waals surface area contributed by atoms with Crippen LogP contribution in [0.1, 0.15) is 87.5 Å². The Labute approximate surface area is 330 Å². The Morgan fingerprint density at radius 1 is 1.02 bits per heavy atom. The lowest BCUT2D eigenvalue weighted by molar-refractivity contribution is -0.295. The van der Waals surface area contributed by atoms with Crippen LogP contribution in [-0.4, -0.2) is 135 Å². The largest absolute Gasteiger partial charge is 0.458 e. The summed E-state index contributed by atoms with van der Waals surface area (Å²) >= 11 is 0. The lowest BCUT2D eigenvalue weighted by atomic mass is 9.73. The number of methoxy groups -OCH3 is 1. The van der Waals surface area contributed by atoms with Gasteiger partial charge < -0.3 is 43.2 Å². The fraction of sp³-hybridized carbons (Fsp3) is 0.756. The Balaban J connectivity index is 1.46. The number of imidazole rings is 1. The molecule has 3 saturated heterocycles. The van der Waals surface area contributed by atoms with Crippen molar-refractivity contribution in [3.05, 3.63) is 24.8 Å².